The molecule has 1 aromatic rings. The first kappa shape index (κ1) is 4.24. The Kier molecular flexibility index (Phi) is 0.785. The number of rotatable bonds is 0. The van der Waals surface area contributed by atoms with Gasteiger partial charge in [-0.1, -0.05) is 12.4 Å². The number of carbonyl (C=O) groups excluding carboxylic acids is 1. The number of carbonyl (C=O) groups is 1. The molecule has 0 saturated carbocycles. The highest BCUT2D eigenvalue weighted by molar-refractivity contribution is 5.76. The minimum atomic E-state index is 0.0718. The van der Waals surface area contributed by atoms with Gasteiger partial charge in [0.05, 0.1) is 0 Å². The van der Waals surface area contributed by atoms with E-state index < -0.39 is 0 Å². The molecule has 0 aliphatic heterocycles. The summed E-state index contributed by atoms with van der Waals surface area (Å²) in [4.78, 5) is 10.3. The summed E-state index contributed by atoms with van der Waals surface area (Å²) in [7, 11) is 0. The van der Waals surface area contributed by atoms with Crippen LogP contribution in [0.1, 0.15) is 11.7 Å². The van der Waals surface area contributed by atoms with E-state index in [4.69, 9.17) is 0 Å². The second-order valence-electron chi connectivity index (χ2n) is 1.42. The van der Waals surface area contributed by atoms with Gasteiger partial charge in [-0.3, -0.25) is 0 Å². The molecule has 0 aromatic carbocycles. The van der Waals surface area contributed by atoms with Gasteiger partial charge < -0.3 is 9.36 Å². The zero-order valence-electron chi connectivity index (χ0n) is 4.09. The number of hydrogen-bond acceptors (Lipinski definition) is 1. The lowest BCUT2D eigenvalue weighted by Crippen LogP contribution is -2.06. The van der Waals surface area contributed by atoms with Crippen molar-refractivity contribution in [1.29, 1.82) is 0 Å². The molecule has 0 amide bonds. The summed E-state index contributed by atoms with van der Waals surface area (Å²) < 4.78 is 1.53. The number of hydrogen-bond donors (Lipinski definition) is 0. The molecule has 0 atom stereocenters. The smallest absolute Gasteiger partial charge is 0.144 e. The molecular formula is C5H6NO-. The van der Waals surface area contributed by atoms with Crippen LogP contribution in [0.2, 0.25) is 0 Å². The van der Waals surface area contributed by atoms with Gasteiger partial charge in [0.2, 0.25) is 0 Å². The van der Waals surface area contributed by atoms with Crippen LogP contribution in [0.5, 0.6) is 0 Å². The average molecular weight is 96.1 g/mol. The molecule has 2 nitrogen and oxygen atoms in total. The van der Waals surface area contributed by atoms with Gasteiger partial charge in [-0.2, -0.15) is 0 Å². The largest absolute Gasteiger partial charge is 0.414 e. The Balaban J connectivity index is 2.73. The first-order valence-electron chi connectivity index (χ1n) is 2.11. The number of aromatic nitrogens is 1. The van der Waals surface area contributed by atoms with Crippen LogP contribution in [-0.4, -0.2) is 10.5 Å². The van der Waals surface area contributed by atoms with Gasteiger partial charge in [0, 0.05) is 0 Å². The van der Waals surface area contributed by atoms with Crippen molar-refractivity contribution in [1.82, 2.24) is 4.57 Å². The molecular weight excluding hydrogens is 90.1 g/mol. The van der Waals surface area contributed by atoms with E-state index in [-0.39, 0.29) is 5.91 Å². The molecule has 2 heteroatoms. The Bertz CT molecular complexity index is 152. The summed E-state index contributed by atoms with van der Waals surface area (Å²) in [5.41, 5.74) is 0. The van der Waals surface area contributed by atoms with Crippen molar-refractivity contribution >= 4 is 5.91 Å². The molecule has 0 bridgehead atoms. The van der Waals surface area contributed by atoms with E-state index in [9.17, 15) is 4.79 Å². The predicted octanol–water partition coefficient (Wildman–Crippen LogP) is 0.867. The van der Waals surface area contributed by atoms with Crippen LogP contribution in [0.4, 0.5) is 0 Å². The molecule has 0 spiro atoms. The van der Waals surface area contributed by atoms with Gasteiger partial charge in [0.15, 0.2) is 0 Å². The molecule has 38 valence electrons. The summed E-state index contributed by atoms with van der Waals surface area (Å²) in [6.45, 7) is 1.53. The fourth-order valence-corrected chi connectivity index (χ4v) is 0.382. The summed E-state index contributed by atoms with van der Waals surface area (Å²) >= 11 is 0. The first-order chi connectivity index (χ1) is 3.30. The van der Waals surface area contributed by atoms with E-state index >= 15 is 0 Å². The van der Waals surface area contributed by atoms with Crippen molar-refractivity contribution in [3.8, 4) is 0 Å². The van der Waals surface area contributed by atoms with Crippen LogP contribution in [0, 0.1) is 0 Å². The van der Waals surface area contributed by atoms with Gasteiger partial charge >= 0.3 is 0 Å². The van der Waals surface area contributed by atoms with Crippen molar-refractivity contribution in [2.24, 2.45) is 0 Å². The van der Waals surface area contributed by atoms with Crippen LogP contribution in [0.15, 0.2) is 18.5 Å². The number of nitrogens with zero attached hydrogens (tertiary/aromatic N) is 1. The summed E-state index contributed by atoms with van der Waals surface area (Å²) in [5.74, 6) is 0.0718. The molecule has 0 saturated heterocycles. The molecule has 0 fully saturated rings. The van der Waals surface area contributed by atoms with Crippen molar-refractivity contribution in [3.63, 3.8) is 0 Å². The van der Waals surface area contributed by atoms with Crippen molar-refractivity contribution in [2.45, 2.75) is 6.92 Å². The standard InChI is InChI=1S/C5H6NO/c1-5(7)6-3-2-4-6/h2-4H,1H3/q-1. The monoisotopic (exact) mass is 96.0 g/mol. The van der Waals surface area contributed by atoms with E-state index in [1.807, 2.05) is 6.07 Å². The van der Waals surface area contributed by atoms with Crippen molar-refractivity contribution < 1.29 is 4.79 Å². The van der Waals surface area contributed by atoms with Crippen LogP contribution in [-0.2, 0) is 0 Å². The van der Waals surface area contributed by atoms with Crippen LogP contribution in [0.3, 0.4) is 0 Å². The normalized spacial score (nSPS) is 9.29. The Labute approximate surface area is 41.7 Å². The topological polar surface area (TPSA) is 22.0 Å². The molecule has 7 heavy (non-hydrogen) atoms. The molecule has 0 aliphatic carbocycles. The van der Waals surface area contributed by atoms with Gasteiger partial charge in [-0.25, -0.2) is 0 Å². The highest BCUT2D eigenvalue weighted by atomic mass is 16.1. The first-order valence-corrected chi connectivity index (χ1v) is 2.11. The Hall–Kier alpha value is -0.920. The van der Waals surface area contributed by atoms with Crippen LogP contribution < -0.4 is 0 Å². The lowest BCUT2D eigenvalue weighted by Gasteiger charge is -2.09. The summed E-state index contributed by atoms with van der Waals surface area (Å²) in [6, 6.07) is 1.82. The maximum atomic E-state index is 10.3. The Morgan fingerprint density at radius 1 is 1.86 bits per heavy atom. The van der Waals surface area contributed by atoms with Crippen LogP contribution in [0.25, 0.3) is 0 Å². The zero-order valence-corrected chi connectivity index (χ0v) is 4.09. The third-order valence-corrected chi connectivity index (χ3v) is 0.857. The van der Waals surface area contributed by atoms with Gasteiger partial charge in [-0.15, -0.1) is 6.07 Å². The average Bonchev–Trinajstić information content (AvgIpc) is 1.23. The van der Waals surface area contributed by atoms with Crippen molar-refractivity contribution in [2.75, 3.05) is 0 Å². The SMILES string of the molecule is CC(=O)n1cc[cH-]1. The summed E-state index contributed by atoms with van der Waals surface area (Å²) in [6.07, 6.45) is 3.45. The second-order valence-corrected chi connectivity index (χ2v) is 1.42. The van der Waals surface area contributed by atoms with Gasteiger partial charge in [0.1, 0.15) is 5.91 Å². The maximum absolute atomic E-state index is 10.3. The van der Waals surface area contributed by atoms with Crippen LogP contribution >= 0.6 is 0 Å². The van der Waals surface area contributed by atoms with E-state index in [1.54, 1.807) is 12.4 Å². The molecule has 1 rings (SSSR count). The summed E-state index contributed by atoms with van der Waals surface area (Å²) in [5, 5.41) is 0. The fraction of sp³-hybridized carbons (Fsp3) is 0.200. The lowest BCUT2D eigenvalue weighted by atomic mass is 10.5. The molecule has 1 heterocycles. The third kappa shape index (κ3) is 0.585. The Morgan fingerprint density at radius 2 is 2.43 bits per heavy atom. The second kappa shape index (κ2) is 1.30. The third-order valence-electron chi connectivity index (χ3n) is 0.857. The fourth-order valence-electron chi connectivity index (χ4n) is 0.382. The van der Waals surface area contributed by atoms with E-state index in [1.165, 1.54) is 11.5 Å². The highest BCUT2D eigenvalue weighted by Gasteiger charge is 1.82. The van der Waals surface area contributed by atoms with Gasteiger partial charge in [-0.05, 0) is 6.92 Å². The molecule has 0 aliphatic rings. The highest BCUT2D eigenvalue weighted by Crippen LogP contribution is 1.88. The minimum Gasteiger partial charge on any atom is -0.414 e. The maximum Gasteiger partial charge on any atom is 0.144 e. The molecule has 0 N–H and O–H groups in total. The quantitative estimate of drug-likeness (QED) is 0.439. The lowest BCUT2D eigenvalue weighted by molar-refractivity contribution is 0.0932. The Morgan fingerprint density at radius 3 is 2.43 bits per heavy atom. The van der Waals surface area contributed by atoms with Gasteiger partial charge in [0.25, 0.3) is 0 Å². The minimum absolute atomic E-state index is 0.0718. The predicted molar refractivity (Wildman–Crippen MR) is 26.3 cm³/mol. The molecule has 0 unspecified atom stereocenters. The zero-order chi connectivity index (χ0) is 5.28. The molecule has 0 radical (unpaired) electrons. The van der Waals surface area contributed by atoms with E-state index in [2.05, 4.69) is 0 Å². The van der Waals surface area contributed by atoms with Crippen molar-refractivity contribution in [3.05, 3.63) is 18.5 Å². The van der Waals surface area contributed by atoms with E-state index in [0.29, 0.717) is 0 Å². The molecule has 1 aromatic heterocycles. The van der Waals surface area contributed by atoms with E-state index in [0.717, 1.165) is 0 Å².